The summed E-state index contributed by atoms with van der Waals surface area (Å²) in [7, 11) is 3.03. The third-order valence-corrected chi connectivity index (χ3v) is 5.56. The number of amides is 4. The van der Waals surface area contributed by atoms with Gasteiger partial charge in [-0.1, -0.05) is 20.8 Å². The highest BCUT2D eigenvalue weighted by atomic mass is 16.5. The van der Waals surface area contributed by atoms with Crippen LogP contribution in [0, 0.1) is 11.3 Å². The quantitative estimate of drug-likeness (QED) is 0.737. The van der Waals surface area contributed by atoms with E-state index in [1.54, 1.807) is 18.2 Å². The third kappa shape index (κ3) is 4.31. The van der Waals surface area contributed by atoms with Crippen LogP contribution in [-0.4, -0.2) is 49.0 Å². The van der Waals surface area contributed by atoms with Crippen molar-refractivity contribution in [2.75, 3.05) is 26.1 Å². The Labute approximate surface area is 170 Å². The molecule has 0 unspecified atom stereocenters. The van der Waals surface area contributed by atoms with Gasteiger partial charge in [0.1, 0.15) is 23.6 Å². The summed E-state index contributed by atoms with van der Waals surface area (Å²) < 4.78 is 10.4. The number of hydrogen-bond donors (Lipinski definition) is 2. The van der Waals surface area contributed by atoms with Gasteiger partial charge in [0.2, 0.25) is 5.91 Å². The molecule has 3 rings (SSSR count). The maximum absolute atomic E-state index is 13.1. The molecule has 1 heterocycles. The number of carbonyl (C=O) groups excluding carboxylic acids is 3. The lowest BCUT2D eigenvalue weighted by Gasteiger charge is -2.43. The molecule has 2 aliphatic rings. The number of urea groups is 1. The lowest BCUT2D eigenvalue weighted by atomic mass is 9.64. The SMILES string of the molecule is COc1cc(NC(=O)CN2C(=O)N[C@]3(C[C@H](C)CC(C)(C)C3)C2=O)cc(OC)c1. The molecule has 1 aliphatic heterocycles. The fourth-order valence-corrected chi connectivity index (χ4v) is 4.87. The first-order valence-electron chi connectivity index (χ1n) is 9.74. The van der Waals surface area contributed by atoms with Crippen LogP contribution in [0.5, 0.6) is 11.5 Å². The molecule has 1 aromatic carbocycles. The average molecular weight is 403 g/mol. The summed E-state index contributed by atoms with van der Waals surface area (Å²) >= 11 is 0. The molecular formula is C21H29N3O5. The van der Waals surface area contributed by atoms with Crippen LogP contribution in [0.3, 0.4) is 0 Å². The Morgan fingerprint density at radius 2 is 1.79 bits per heavy atom. The molecule has 0 bridgehead atoms. The van der Waals surface area contributed by atoms with Crippen LogP contribution in [0.25, 0.3) is 0 Å². The maximum atomic E-state index is 13.1. The summed E-state index contributed by atoms with van der Waals surface area (Å²) in [6, 6.07) is 4.44. The van der Waals surface area contributed by atoms with Gasteiger partial charge in [-0.05, 0) is 30.6 Å². The van der Waals surface area contributed by atoms with Crippen molar-refractivity contribution in [2.45, 2.75) is 45.6 Å². The molecule has 2 N–H and O–H groups in total. The van der Waals surface area contributed by atoms with Crippen LogP contribution < -0.4 is 20.1 Å². The van der Waals surface area contributed by atoms with Gasteiger partial charge in [-0.25, -0.2) is 4.79 Å². The van der Waals surface area contributed by atoms with E-state index < -0.39 is 17.5 Å². The second-order valence-electron chi connectivity index (χ2n) is 8.91. The molecule has 8 nitrogen and oxygen atoms in total. The van der Waals surface area contributed by atoms with Gasteiger partial charge in [-0.2, -0.15) is 0 Å². The summed E-state index contributed by atoms with van der Waals surface area (Å²) in [5, 5.41) is 5.58. The Bertz CT molecular complexity index is 815. The molecule has 29 heavy (non-hydrogen) atoms. The molecule has 1 saturated heterocycles. The number of imide groups is 1. The van der Waals surface area contributed by atoms with E-state index >= 15 is 0 Å². The molecule has 2 atom stereocenters. The van der Waals surface area contributed by atoms with Gasteiger partial charge < -0.3 is 20.1 Å². The van der Waals surface area contributed by atoms with Crippen molar-refractivity contribution in [3.63, 3.8) is 0 Å². The van der Waals surface area contributed by atoms with Crippen LogP contribution in [0.4, 0.5) is 10.5 Å². The van der Waals surface area contributed by atoms with E-state index in [4.69, 9.17) is 9.47 Å². The summed E-state index contributed by atoms with van der Waals surface area (Å²) in [6.45, 7) is 5.96. The maximum Gasteiger partial charge on any atom is 0.325 e. The number of anilines is 1. The first-order valence-corrected chi connectivity index (χ1v) is 9.74. The van der Waals surface area contributed by atoms with Crippen molar-refractivity contribution in [3.05, 3.63) is 18.2 Å². The molecule has 1 aromatic rings. The van der Waals surface area contributed by atoms with Gasteiger partial charge in [-0.3, -0.25) is 14.5 Å². The Morgan fingerprint density at radius 1 is 1.17 bits per heavy atom. The highest BCUT2D eigenvalue weighted by molar-refractivity contribution is 6.10. The molecule has 0 radical (unpaired) electrons. The predicted octanol–water partition coefficient (Wildman–Crippen LogP) is 2.78. The van der Waals surface area contributed by atoms with Gasteiger partial charge in [0.15, 0.2) is 0 Å². The Kier molecular flexibility index (Phi) is 5.47. The monoisotopic (exact) mass is 403 g/mol. The minimum atomic E-state index is -0.919. The second kappa shape index (κ2) is 7.57. The van der Waals surface area contributed by atoms with Gasteiger partial charge in [0, 0.05) is 23.9 Å². The first-order chi connectivity index (χ1) is 13.6. The fourth-order valence-electron chi connectivity index (χ4n) is 4.87. The van der Waals surface area contributed by atoms with E-state index in [1.807, 2.05) is 0 Å². The van der Waals surface area contributed by atoms with Crippen molar-refractivity contribution in [1.29, 1.82) is 0 Å². The normalized spacial score (nSPS) is 25.7. The zero-order valence-corrected chi connectivity index (χ0v) is 17.6. The minimum absolute atomic E-state index is 0.0595. The van der Waals surface area contributed by atoms with E-state index in [0.29, 0.717) is 35.9 Å². The van der Waals surface area contributed by atoms with Crippen LogP contribution >= 0.6 is 0 Å². The highest BCUT2D eigenvalue weighted by Crippen LogP contribution is 2.46. The Morgan fingerprint density at radius 3 is 2.34 bits per heavy atom. The largest absolute Gasteiger partial charge is 0.497 e. The number of hydrogen-bond acceptors (Lipinski definition) is 5. The summed E-state index contributed by atoms with van der Waals surface area (Å²) in [5.41, 5.74) is -0.520. The highest BCUT2D eigenvalue weighted by Gasteiger charge is 2.56. The number of methoxy groups -OCH3 is 2. The van der Waals surface area contributed by atoms with Crippen LogP contribution in [0.2, 0.25) is 0 Å². The smallest absolute Gasteiger partial charge is 0.325 e. The van der Waals surface area contributed by atoms with Crippen molar-refractivity contribution in [3.8, 4) is 11.5 Å². The van der Waals surface area contributed by atoms with Crippen LogP contribution in [0.15, 0.2) is 18.2 Å². The van der Waals surface area contributed by atoms with Crippen molar-refractivity contribution in [2.24, 2.45) is 11.3 Å². The van der Waals surface area contributed by atoms with E-state index in [2.05, 4.69) is 31.4 Å². The zero-order chi connectivity index (χ0) is 21.4. The third-order valence-electron chi connectivity index (χ3n) is 5.56. The van der Waals surface area contributed by atoms with Crippen molar-refractivity contribution < 1.29 is 23.9 Å². The van der Waals surface area contributed by atoms with E-state index in [1.165, 1.54) is 14.2 Å². The number of carbonyl (C=O) groups is 3. The van der Waals surface area contributed by atoms with E-state index in [9.17, 15) is 14.4 Å². The van der Waals surface area contributed by atoms with Gasteiger partial charge >= 0.3 is 6.03 Å². The Hall–Kier alpha value is -2.77. The standard InChI is InChI=1S/C21H29N3O5/c1-13-9-20(2,3)12-21(10-13)18(26)24(19(27)23-21)11-17(25)22-14-6-15(28-4)8-16(7-14)29-5/h6-8,13H,9-12H2,1-5H3,(H,22,25)(H,23,27)/t13-,21+/m1/s1. The van der Waals surface area contributed by atoms with Gasteiger partial charge in [-0.15, -0.1) is 0 Å². The number of benzene rings is 1. The Balaban J connectivity index is 1.73. The average Bonchev–Trinajstić information content (AvgIpc) is 2.82. The summed E-state index contributed by atoms with van der Waals surface area (Å²) in [4.78, 5) is 39.2. The predicted molar refractivity (Wildman–Crippen MR) is 108 cm³/mol. The van der Waals surface area contributed by atoms with Crippen LogP contribution in [-0.2, 0) is 9.59 Å². The fraction of sp³-hybridized carbons (Fsp3) is 0.571. The molecule has 2 fully saturated rings. The summed E-state index contributed by atoms with van der Waals surface area (Å²) in [5.74, 6) is 0.560. The first kappa shape index (κ1) is 21.0. The number of nitrogens with zero attached hydrogens (tertiary/aromatic N) is 1. The lowest BCUT2D eigenvalue weighted by Crippen LogP contribution is -2.54. The molecule has 1 saturated carbocycles. The second-order valence-corrected chi connectivity index (χ2v) is 8.91. The van der Waals surface area contributed by atoms with Gasteiger partial charge in [0.05, 0.1) is 14.2 Å². The number of rotatable bonds is 5. The minimum Gasteiger partial charge on any atom is -0.497 e. The van der Waals surface area contributed by atoms with E-state index in [0.717, 1.165) is 11.3 Å². The van der Waals surface area contributed by atoms with Crippen LogP contribution in [0.1, 0.15) is 40.0 Å². The zero-order valence-electron chi connectivity index (χ0n) is 17.6. The molecular weight excluding hydrogens is 374 g/mol. The van der Waals surface area contributed by atoms with E-state index in [-0.39, 0.29) is 17.9 Å². The topological polar surface area (TPSA) is 97.0 Å². The molecule has 8 heteroatoms. The molecule has 1 aliphatic carbocycles. The molecule has 1 spiro atoms. The van der Waals surface area contributed by atoms with Gasteiger partial charge in [0.25, 0.3) is 5.91 Å². The molecule has 4 amide bonds. The number of nitrogens with one attached hydrogen (secondary N) is 2. The van der Waals surface area contributed by atoms with Crippen molar-refractivity contribution in [1.82, 2.24) is 10.2 Å². The van der Waals surface area contributed by atoms with Crippen molar-refractivity contribution >= 4 is 23.5 Å². The molecule has 158 valence electrons. The number of ether oxygens (including phenoxy) is 2. The molecule has 0 aromatic heterocycles. The summed E-state index contributed by atoms with van der Waals surface area (Å²) in [6.07, 6.45) is 2.16. The lowest BCUT2D eigenvalue weighted by molar-refractivity contribution is -0.136.